The molecule has 1 atom stereocenters. The molecule has 0 radical (unpaired) electrons. The first-order chi connectivity index (χ1) is 8.60. The van der Waals surface area contributed by atoms with Crippen molar-refractivity contribution in [1.29, 1.82) is 0 Å². The molecular formula is C10H16N6O2. The lowest BCUT2D eigenvalue weighted by Crippen LogP contribution is -2.34. The number of amides is 1. The minimum atomic E-state index is -1.25. The molecular weight excluding hydrogens is 236 g/mol. The monoisotopic (exact) mass is 252 g/mol. The summed E-state index contributed by atoms with van der Waals surface area (Å²) in [4.78, 5) is 19.2. The molecule has 1 saturated carbocycles. The van der Waals surface area contributed by atoms with Gasteiger partial charge in [-0.3, -0.25) is 4.79 Å². The fourth-order valence-electron chi connectivity index (χ4n) is 1.46. The number of nitrogens with zero attached hydrogens (tertiary/aromatic N) is 2. The highest BCUT2D eigenvalue weighted by Crippen LogP contribution is 2.38. The van der Waals surface area contributed by atoms with Crippen LogP contribution in [0.25, 0.3) is 0 Å². The summed E-state index contributed by atoms with van der Waals surface area (Å²) in [5.74, 6) is 6.61. The van der Waals surface area contributed by atoms with Gasteiger partial charge in [0.2, 0.25) is 5.91 Å². The molecule has 1 aliphatic rings. The van der Waals surface area contributed by atoms with Crippen LogP contribution in [0.2, 0.25) is 0 Å². The number of hydrogen-bond acceptors (Lipinski definition) is 7. The highest BCUT2D eigenvalue weighted by atomic mass is 16.3. The van der Waals surface area contributed by atoms with Gasteiger partial charge >= 0.3 is 0 Å². The van der Waals surface area contributed by atoms with E-state index < -0.39 is 12.0 Å². The molecule has 1 heterocycles. The number of anilines is 2. The summed E-state index contributed by atoms with van der Waals surface area (Å²) < 4.78 is 0. The summed E-state index contributed by atoms with van der Waals surface area (Å²) in [6.45, 7) is 0.000461. The highest BCUT2D eigenvalue weighted by Gasteiger charge is 2.27. The van der Waals surface area contributed by atoms with Crippen LogP contribution in [0.3, 0.4) is 0 Å². The first kappa shape index (κ1) is 12.5. The summed E-state index contributed by atoms with van der Waals surface area (Å²) in [6, 6.07) is 1.60. The number of carbonyl (C=O) groups is 1. The Labute approximate surface area is 104 Å². The zero-order valence-corrected chi connectivity index (χ0v) is 9.76. The lowest BCUT2D eigenvalue weighted by atomic mass is 10.3. The number of hydrogen-bond donors (Lipinski definition) is 5. The predicted octanol–water partition coefficient (Wildman–Crippen LogP) is -1.10. The third-order valence-electron chi connectivity index (χ3n) is 2.64. The van der Waals surface area contributed by atoms with E-state index in [4.69, 9.17) is 11.6 Å². The van der Waals surface area contributed by atoms with Gasteiger partial charge in [-0.1, -0.05) is 0 Å². The van der Waals surface area contributed by atoms with Crippen molar-refractivity contribution in [3.05, 3.63) is 11.9 Å². The molecule has 7 N–H and O–H groups in total. The zero-order valence-electron chi connectivity index (χ0n) is 9.76. The number of carbonyl (C=O) groups excluding carboxylic acids is 1. The van der Waals surface area contributed by atoms with Crippen LogP contribution in [-0.2, 0) is 4.79 Å². The standard InChI is InChI=1S/C10H16N6O2/c11-9(18)6(17)4-13-7-3-8(16-12)15-10(14-7)5-1-2-5/h3,5-6,17H,1-2,4,12H2,(H2,11,18)(H2,13,14,15,16). The molecule has 1 amide bonds. The summed E-state index contributed by atoms with van der Waals surface area (Å²) in [6.07, 6.45) is 0.882. The molecule has 0 bridgehead atoms. The van der Waals surface area contributed by atoms with E-state index in [-0.39, 0.29) is 6.54 Å². The van der Waals surface area contributed by atoms with Crippen molar-refractivity contribution in [3.8, 4) is 0 Å². The number of aromatic nitrogens is 2. The second kappa shape index (κ2) is 5.15. The number of aliphatic hydroxyl groups is 1. The van der Waals surface area contributed by atoms with Crippen molar-refractivity contribution < 1.29 is 9.90 Å². The Balaban J connectivity index is 2.06. The van der Waals surface area contributed by atoms with Crippen LogP contribution in [0.15, 0.2) is 6.07 Å². The van der Waals surface area contributed by atoms with Crippen LogP contribution in [0.5, 0.6) is 0 Å². The molecule has 8 nitrogen and oxygen atoms in total. The normalized spacial score (nSPS) is 16.1. The maximum atomic E-state index is 10.7. The molecule has 0 aliphatic heterocycles. The van der Waals surface area contributed by atoms with E-state index in [1.165, 1.54) is 0 Å². The lowest BCUT2D eigenvalue weighted by molar-refractivity contribution is -0.125. The molecule has 1 aliphatic carbocycles. The number of aliphatic hydroxyl groups excluding tert-OH is 1. The van der Waals surface area contributed by atoms with Crippen molar-refractivity contribution in [2.24, 2.45) is 11.6 Å². The predicted molar refractivity (Wildman–Crippen MR) is 65.5 cm³/mol. The van der Waals surface area contributed by atoms with Gasteiger partial charge in [0.25, 0.3) is 0 Å². The number of rotatable bonds is 6. The summed E-state index contributed by atoms with van der Waals surface area (Å²) in [5, 5.41) is 12.1. The molecule has 0 spiro atoms. The fraction of sp³-hybridized carbons (Fsp3) is 0.500. The smallest absolute Gasteiger partial charge is 0.248 e. The van der Waals surface area contributed by atoms with Gasteiger partial charge in [0.05, 0.1) is 6.54 Å². The van der Waals surface area contributed by atoms with Crippen LogP contribution in [0.1, 0.15) is 24.6 Å². The highest BCUT2D eigenvalue weighted by molar-refractivity contribution is 5.79. The largest absolute Gasteiger partial charge is 0.381 e. The van der Waals surface area contributed by atoms with Crippen molar-refractivity contribution in [3.63, 3.8) is 0 Å². The number of hydrazine groups is 1. The van der Waals surface area contributed by atoms with Gasteiger partial charge in [-0.2, -0.15) is 0 Å². The zero-order chi connectivity index (χ0) is 13.1. The van der Waals surface area contributed by atoms with E-state index in [1.54, 1.807) is 6.07 Å². The second-order valence-electron chi connectivity index (χ2n) is 4.21. The number of nitrogen functional groups attached to an aromatic ring is 1. The minimum Gasteiger partial charge on any atom is -0.381 e. The molecule has 1 aromatic rings. The Kier molecular flexibility index (Phi) is 3.58. The van der Waals surface area contributed by atoms with E-state index >= 15 is 0 Å². The van der Waals surface area contributed by atoms with Crippen LogP contribution in [0, 0.1) is 0 Å². The Morgan fingerprint density at radius 2 is 2.17 bits per heavy atom. The van der Waals surface area contributed by atoms with Crippen molar-refractivity contribution in [2.75, 3.05) is 17.3 Å². The van der Waals surface area contributed by atoms with E-state index in [0.29, 0.717) is 23.4 Å². The first-order valence-corrected chi connectivity index (χ1v) is 5.67. The van der Waals surface area contributed by atoms with Crippen LogP contribution in [0.4, 0.5) is 11.6 Å². The number of nitrogens with one attached hydrogen (secondary N) is 2. The van der Waals surface area contributed by atoms with Gasteiger partial charge in [-0.25, -0.2) is 15.8 Å². The molecule has 0 aromatic carbocycles. The fourth-order valence-corrected chi connectivity index (χ4v) is 1.46. The second-order valence-corrected chi connectivity index (χ2v) is 4.21. The summed E-state index contributed by atoms with van der Waals surface area (Å²) in [5.41, 5.74) is 7.41. The maximum Gasteiger partial charge on any atom is 0.248 e. The molecule has 2 rings (SSSR count). The van der Waals surface area contributed by atoms with E-state index in [2.05, 4.69) is 20.7 Å². The molecule has 0 saturated heterocycles. The molecule has 98 valence electrons. The van der Waals surface area contributed by atoms with Gasteiger partial charge in [0, 0.05) is 12.0 Å². The first-order valence-electron chi connectivity index (χ1n) is 5.67. The van der Waals surface area contributed by atoms with Gasteiger partial charge in [0.15, 0.2) is 0 Å². The van der Waals surface area contributed by atoms with Crippen molar-refractivity contribution in [2.45, 2.75) is 24.9 Å². The molecule has 18 heavy (non-hydrogen) atoms. The average molecular weight is 252 g/mol. The van der Waals surface area contributed by atoms with Crippen LogP contribution in [-0.4, -0.2) is 33.6 Å². The van der Waals surface area contributed by atoms with Gasteiger partial charge in [0.1, 0.15) is 23.6 Å². The van der Waals surface area contributed by atoms with E-state index in [9.17, 15) is 9.90 Å². The van der Waals surface area contributed by atoms with Crippen LogP contribution >= 0.6 is 0 Å². The Bertz CT molecular complexity index is 448. The van der Waals surface area contributed by atoms with Gasteiger partial charge < -0.3 is 21.6 Å². The maximum absolute atomic E-state index is 10.7. The quantitative estimate of drug-likeness (QED) is 0.320. The molecule has 1 fully saturated rings. The lowest BCUT2D eigenvalue weighted by Gasteiger charge is -2.11. The van der Waals surface area contributed by atoms with Crippen molar-refractivity contribution >= 4 is 17.5 Å². The molecule has 1 unspecified atom stereocenters. The van der Waals surface area contributed by atoms with Gasteiger partial charge in [-0.05, 0) is 12.8 Å². The Morgan fingerprint density at radius 1 is 1.50 bits per heavy atom. The van der Waals surface area contributed by atoms with E-state index in [1.807, 2.05) is 0 Å². The average Bonchev–Trinajstić information content (AvgIpc) is 3.19. The van der Waals surface area contributed by atoms with Gasteiger partial charge in [-0.15, -0.1) is 0 Å². The number of nitrogens with two attached hydrogens (primary N) is 2. The topological polar surface area (TPSA) is 139 Å². The summed E-state index contributed by atoms with van der Waals surface area (Å²) >= 11 is 0. The SMILES string of the molecule is NNc1cc(NCC(O)C(N)=O)nc(C2CC2)n1. The minimum absolute atomic E-state index is 0.000461. The third kappa shape index (κ3) is 3.05. The van der Waals surface area contributed by atoms with Crippen LogP contribution < -0.4 is 22.3 Å². The Morgan fingerprint density at radius 3 is 2.72 bits per heavy atom. The molecule has 8 heteroatoms. The van der Waals surface area contributed by atoms with Crippen molar-refractivity contribution in [1.82, 2.24) is 9.97 Å². The summed E-state index contributed by atoms with van der Waals surface area (Å²) in [7, 11) is 0. The molecule has 1 aromatic heterocycles. The van der Waals surface area contributed by atoms with E-state index in [0.717, 1.165) is 12.8 Å². The number of primary amides is 1. The third-order valence-corrected chi connectivity index (χ3v) is 2.64. The Hall–Kier alpha value is -1.93.